The molecule has 0 bridgehead atoms. The topological polar surface area (TPSA) is 89.9 Å². The largest absolute Gasteiger partial charge is 0.465 e. The number of hydrogen-bond acceptors (Lipinski definition) is 2. The molecule has 0 saturated heterocycles. The minimum atomic E-state index is -0.948. The van der Waals surface area contributed by atoms with E-state index in [0.717, 1.165) is 12.8 Å². The summed E-state index contributed by atoms with van der Waals surface area (Å²) in [6.07, 6.45) is 3.81. The van der Waals surface area contributed by atoms with Gasteiger partial charge in [0, 0.05) is 18.8 Å². The van der Waals surface area contributed by atoms with Crippen molar-refractivity contribution >= 4 is 17.9 Å². The first-order valence-corrected chi connectivity index (χ1v) is 7.02. The molecule has 0 heterocycles. The van der Waals surface area contributed by atoms with Gasteiger partial charge in [0.15, 0.2) is 0 Å². The van der Waals surface area contributed by atoms with Crippen LogP contribution in [0.4, 0.5) is 15.3 Å². The van der Waals surface area contributed by atoms with Crippen LogP contribution in [0.3, 0.4) is 0 Å². The van der Waals surface area contributed by atoms with Gasteiger partial charge < -0.3 is 15.5 Å². The number of nitrogens with zero attached hydrogens (tertiary/aromatic N) is 1. The third-order valence-electron chi connectivity index (χ3n) is 3.36. The number of amides is 2. The summed E-state index contributed by atoms with van der Waals surface area (Å²) in [5.41, 5.74) is 0.681. The van der Waals surface area contributed by atoms with E-state index in [9.17, 15) is 9.59 Å². The number of carboxylic acid groups (broad SMARTS) is 2. The quantitative estimate of drug-likeness (QED) is 0.780. The number of anilines is 1. The summed E-state index contributed by atoms with van der Waals surface area (Å²) < 4.78 is 0. The van der Waals surface area contributed by atoms with Gasteiger partial charge in [0.05, 0.1) is 0 Å². The van der Waals surface area contributed by atoms with Gasteiger partial charge in [0.25, 0.3) is 0 Å². The zero-order chi connectivity index (χ0) is 15.7. The van der Waals surface area contributed by atoms with Gasteiger partial charge in [-0.3, -0.25) is 4.90 Å². The smallest absolute Gasteiger partial charge is 0.411 e. The maximum absolute atomic E-state index is 10.4. The van der Waals surface area contributed by atoms with Gasteiger partial charge in [-0.25, -0.2) is 9.59 Å². The molecule has 21 heavy (non-hydrogen) atoms. The molecular formula is C15H22N2O4. The van der Waals surface area contributed by atoms with Gasteiger partial charge in [-0.2, -0.15) is 0 Å². The van der Waals surface area contributed by atoms with Crippen LogP contribution in [0, 0.1) is 0 Å². The van der Waals surface area contributed by atoms with Crippen LogP contribution in [-0.4, -0.2) is 35.5 Å². The summed E-state index contributed by atoms with van der Waals surface area (Å²) >= 11 is 0. The van der Waals surface area contributed by atoms with Crippen molar-refractivity contribution in [3.05, 3.63) is 30.3 Å². The molecule has 2 amide bonds. The monoisotopic (exact) mass is 294 g/mol. The third kappa shape index (κ3) is 6.65. The predicted octanol–water partition coefficient (Wildman–Crippen LogP) is 3.39. The Bertz CT molecular complexity index is 444. The maximum atomic E-state index is 10.4. The molecule has 3 N–H and O–H groups in total. The van der Waals surface area contributed by atoms with Gasteiger partial charge in [-0.05, 0) is 25.0 Å². The molecule has 0 aromatic heterocycles. The Morgan fingerprint density at radius 2 is 1.67 bits per heavy atom. The van der Waals surface area contributed by atoms with E-state index in [1.807, 2.05) is 6.07 Å². The summed E-state index contributed by atoms with van der Waals surface area (Å²) in [6.45, 7) is 0. The van der Waals surface area contributed by atoms with Crippen molar-refractivity contribution in [3.8, 4) is 0 Å². The average molecular weight is 294 g/mol. The number of hydrogen-bond donors (Lipinski definition) is 3. The fraction of sp³-hybridized carbons (Fsp3) is 0.467. The molecular weight excluding hydrogens is 272 g/mol. The minimum absolute atomic E-state index is 0.228. The Kier molecular flexibility index (Phi) is 7.08. The van der Waals surface area contributed by atoms with Crippen molar-refractivity contribution in [1.82, 2.24) is 5.32 Å². The van der Waals surface area contributed by atoms with Crippen molar-refractivity contribution in [2.75, 3.05) is 11.9 Å². The molecule has 6 nitrogen and oxygen atoms in total. The lowest BCUT2D eigenvalue weighted by Crippen LogP contribution is -2.34. The molecule has 1 aromatic carbocycles. The first kappa shape index (κ1) is 16.8. The zero-order valence-corrected chi connectivity index (χ0v) is 12.2. The van der Waals surface area contributed by atoms with E-state index in [1.165, 1.54) is 31.2 Å². The highest BCUT2D eigenvalue weighted by atomic mass is 16.4. The van der Waals surface area contributed by atoms with Crippen molar-refractivity contribution in [1.29, 1.82) is 0 Å². The van der Waals surface area contributed by atoms with Gasteiger partial charge >= 0.3 is 12.2 Å². The molecule has 0 unspecified atom stereocenters. The normalized spacial score (nSPS) is 14.5. The second-order valence-electron chi connectivity index (χ2n) is 4.96. The Morgan fingerprint density at radius 3 is 2.14 bits per heavy atom. The highest BCUT2D eigenvalue weighted by Crippen LogP contribution is 2.16. The van der Waals surface area contributed by atoms with Crippen molar-refractivity contribution in [2.24, 2.45) is 0 Å². The van der Waals surface area contributed by atoms with Gasteiger partial charge in [0.2, 0.25) is 0 Å². The average Bonchev–Trinajstić information content (AvgIpc) is 2.48. The van der Waals surface area contributed by atoms with Gasteiger partial charge in [-0.1, -0.05) is 37.5 Å². The molecule has 0 radical (unpaired) electrons. The Hall–Kier alpha value is -2.24. The molecule has 0 spiro atoms. The fourth-order valence-electron chi connectivity index (χ4n) is 2.18. The van der Waals surface area contributed by atoms with Crippen LogP contribution in [0.2, 0.25) is 0 Å². The van der Waals surface area contributed by atoms with Crippen LogP contribution in [0.1, 0.15) is 32.1 Å². The summed E-state index contributed by atoms with van der Waals surface area (Å²) in [5.74, 6) is 0. The number of benzene rings is 1. The molecule has 1 fully saturated rings. The van der Waals surface area contributed by atoms with Crippen molar-refractivity contribution in [3.63, 3.8) is 0 Å². The first-order chi connectivity index (χ1) is 10.0. The zero-order valence-electron chi connectivity index (χ0n) is 12.2. The second kappa shape index (κ2) is 8.84. The van der Waals surface area contributed by atoms with E-state index in [0.29, 0.717) is 5.69 Å². The van der Waals surface area contributed by atoms with Crippen LogP contribution in [0.25, 0.3) is 0 Å². The lowest BCUT2D eigenvalue weighted by Gasteiger charge is -2.20. The molecule has 116 valence electrons. The van der Waals surface area contributed by atoms with E-state index in [1.54, 1.807) is 24.3 Å². The number of nitrogens with one attached hydrogen (secondary N) is 1. The van der Waals surface area contributed by atoms with E-state index < -0.39 is 12.2 Å². The Balaban J connectivity index is 0.000000211. The number of rotatable bonds is 2. The summed E-state index contributed by atoms with van der Waals surface area (Å²) in [7, 11) is 1.51. The predicted molar refractivity (Wildman–Crippen MR) is 80.9 cm³/mol. The second-order valence-corrected chi connectivity index (χ2v) is 4.96. The lowest BCUT2D eigenvalue weighted by atomic mass is 9.96. The lowest BCUT2D eigenvalue weighted by molar-refractivity contribution is 0.186. The Labute approximate surface area is 124 Å². The molecule has 1 saturated carbocycles. The number of para-hydroxylation sites is 1. The third-order valence-corrected chi connectivity index (χ3v) is 3.36. The van der Waals surface area contributed by atoms with Crippen LogP contribution >= 0.6 is 0 Å². The first-order valence-electron chi connectivity index (χ1n) is 7.02. The molecule has 0 aliphatic heterocycles. The van der Waals surface area contributed by atoms with Crippen molar-refractivity contribution in [2.45, 2.75) is 38.1 Å². The van der Waals surface area contributed by atoms with E-state index in [4.69, 9.17) is 10.2 Å². The maximum Gasteiger partial charge on any atom is 0.411 e. The molecule has 1 aliphatic rings. The van der Waals surface area contributed by atoms with Crippen molar-refractivity contribution < 1.29 is 19.8 Å². The van der Waals surface area contributed by atoms with Crippen LogP contribution in [-0.2, 0) is 0 Å². The van der Waals surface area contributed by atoms with Gasteiger partial charge in [0.1, 0.15) is 0 Å². The highest BCUT2D eigenvalue weighted by Gasteiger charge is 2.14. The summed E-state index contributed by atoms with van der Waals surface area (Å²) in [4.78, 5) is 21.7. The SMILES string of the molecule is CN(C(=O)O)c1ccccc1.O=C(O)NC1CCCCC1. The Morgan fingerprint density at radius 1 is 1.10 bits per heavy atom. The molecule has 0 atom stereocenters. The van der Waals surface area contributed by atoms with Crippen LogP contribution in [0.5, 0.6) is 0 Å². The molecule has 1 aromatic rings. The van der Waals surface area contributed by atoms with E-state index >= 15 is 0 Å². The molecule has 6 heteroatoms. The van der Waals surface area contributed by atoms with Crippen LogP contribution < -0.4 is 10.2 Å². The minimum Gasteiger partial charge on any atom is -0.465 e. The van der Waals surface area contributed by atoms with Crippen LogP contribution in [0.15, 0.2) is 30.3 Å². The molecule has 1 aliphatic carbocycles. The number of carbonyl (C=O) groups is 2. The standard InChI is InChI=1S/C8H9NO2.C7H13NO2/c1-9(8(10)11)7-5-3-2-4-6-7;9-7(10)8-6-4-2-1-3-5-6/h2-6H,1H3,(H,10,11);6,8H,1-5H2,(H,9,10). The van der Waals surface area contributed by atoms with E-state index in [-0.39, 0.29) is 6.04 Å². The summed E-state index contributed by atoms with van der Waals surface area (Å²) in [6, 6.07) is 9.16. The summed E-state index contributed by atoms with van der Waals surface area (Å²) in [5, 5.41) is 19.4. The van der Waals surface area contributed by atoms with Gasteiger partial charge in [-0.15, -0.1) is 0 Å². The molecule has 2 rings (SSSR count). The van der Waals surface area contributed by atoms with E-state index in [2.05, 4.69) is 5.32 Å². The highest BCUT2D eigenvalue weighted by molar-refractivity contribution is 5.85. The fourth-order valence-corrected chi connectivity index (χ4v) is 2.18.